The van der Waals surface area contributed by atoms with Crippen LogP contribution in [0.25, 0.3) is 0 Å². The Morgan fingerprint density at radius 3 is 2.19 bits per heavy atom. The molecule has 2 rings (SSSR count). The van der Waals surface area contributed by atoms with Gasteiger partial charge in [0.15, 0.2) is 11.6 Å². The lowest BCUT2D eigenvalue weighted by atomic mass is 10.0. The maximum absolute atomic E-state index is 13.7. The van der Waals surface area contributed by atoms with Gasteiger partial charge in [-0.1, -0.05) is 36.2 Å². The summed E-state index contributed by atoms with van der Waals surface area (Å²) in [4.78, 5) is 0. The highest BCUT2D eigenvalue weighted by Gasteiger charge is 2.18. The first-order chi connectivity index (χ1) is 9.92. The van der Waals surface area contributed by atoms with Crippen molar-refractivity contribution in [3.63, 3.8) is 0 Å². The number of hydrogen-bond acceptors (Lipinski definition) is 1. The molecule has 0 spiro atoms. The summed E-state index contributed by atoms with van der Waals surface area (Å²) in [5.74, 6) is -2.94. The minimum absolute atomic E-state index is 0.380. The Hall–Kier alpha value is -1.39. The summed E-state index contributed by atoms with van der Waals surface area (Å²) < 4.78 is 40.3. The van der Waals surface area contributed by atoms with E-state index in [0.717, 1.165) is 0 Å². The van der Waals surface area contributed by atoms with Gasteiger partial charge in [0.05, 0.1) is 6.04 Å². The third-order valence-corrected chi connectivity index (χ3v) is 3.63. The van der Waals surface area contributed by atoms with Gasteiger partial charge in [0.25, 0.3) is 0 Å². The molecule has 0 bridgehead atoms. The van der Waals surface area contributed by atoms with Crippen molar-refractivity contribution < 1.29 is 13.2 Å². The topological polar surface area (TPSA) is 12.0 Å². The van der Waals surface area contributed by atoms with Gasteiger partial charge < -0.3 is 5.32 Å². The molecular formula is C15H12Cl2F3N. The average Bonchev–Trinajstić information content (AvgIpc) is 2.39. The fraction of sp³-hybridized carbons (Fsp3) is 0.200. The summed E-state index contributed by atoms with van der Waals surface area (Å²) in [7, 11) is 0. The SMILES string of the molecule is CCC(Nc1c(F)cc(F)cc1F)c1ccc(Cl)cc1Cl. The quantitative estimate of drug-likeness (QED) is 0.726. The second kappa shape index (κ2) is 6.58. The van der Waals surface area contributed by atoms with Crippen LogP contribution in [0.5, 0.6) is 0 Å². The summed E-state index contributed by atoms with van der Waals surface area (Å²) in [6.45, 7) is 1.84. The van der Waals surface area contributed by atoms with Crippen LogP contribution < -0.4 is 5.32 Å². The van der Waals surface area contributed by atoms with Gasteiger partial charge in [-0.15, -0.1) is 0 Å². The summed E-state index contributed by atoms with van der Waals surface area (Å²) in [5.41, 5.74) is 0.279. The van der Waals surface area contributed by atoms with E-state index >= 15 is 0 Å². The van der Waals surface area contributed by atoms with Crippen molar-refractivity contribution in [1.29, 1.82) is 0 Å². The van der Waals surface area contributed by atoms with E-state index in [2.05, 4.69) is 5.32 Å². The lowest BCUT2D eigenvalue weighted by Crippen LogP contribution is -2.13. The lowest BCUT2D eigenvalue weighted by molar-refractivity contribution is 0.543. The van der Waals surface area contributed by atoms with Crippen LogP contribution in [0.15, 0.2) is 30.3 Å². The van der Waals surface area contributed by atoms with Crippen LogP contribution in [-0.2, 0) is 0 Å². The summed E-state index contributed by atoms with van der Waals surface area (Å²) in [6, 6.07) is 5.71. The molecule has 0 aliphatic heterocycles. The minimum Gasteiger partial charge on any atom is -0.373 e. The van der Waals surface area contributed by atoms with Crippen LogP contribution in [0.2, 0.25) is 10.0 Å². The van der Waals surface area contributed by atoms with Crippen molar-refractivity contribution in [2.24, 2.45) is 0 Å². The first kappa shape index (κ1) is 16.0. The van der Waals surface area contributed by atoms with Crippen LogP contribution in [0.4, 0.5) is 18.9 Å². The molecule has 0 heterocycles. The standard InChI is InChI=1S/C15H12Cl2F3N/c1-2-14(10-4-3-8(16)5-11(10)17)21-15-12(19)6-9(18)7-13(15)20/h3-7,14,21H,2H2,1H3. The van der Waals surface area contributed by atoms with Gasteiger partial charge in [0.2, 0.25) is 0 Å². The minimum atomic E-state index is -0.990. The van der Waals surface area contributed by atoms with E-state index in [-0.39, 0.29) is 5.69 Å². The smallest absolute Gasteiger partial charge is 0.152 e. The first-order valence-electron chi connectivity index (χ1n) is 6.28. The van der Waals surface area contributed by atoms with E-state index in [4.69, 9.17) is 23.2 Å². The molecule has 0 amide bonds. The highest BCUT2D eigenvalue weighted by molar-refractivity contribution is 6.35. The van der Waals surface area contributed by atoms with Crippen LogP contribution in [0.3, 0.4) is 0 Å². The van der Waals surface area contributed by atoms with Crippen LogP contribution >= 0.6 is 23.2 Å². The summed E-state index contributed by atoms with van der Waals surface area (Å²) in [6.07, 6.45) is 0.525. The second-order valence-electron chi connectivity index (χ2n) is 4.52. The average molecular weight is 334 g/mol. The van der Waals surface area contributed by atoms with E-state index in [1.807, 2.05) is 6.92 Å². The molecular weight excluding hydrogens is 322 g/mol. The maximum Gasteiger partial charge on any atom is 0.152 e. The molecule has 0 saturated heterocycles. The van der Waals surface area contributed by atoms with Gasteiger partial charge in [-0.25, -0.2) is 13.2 Å². The molecule has 0 fully saturated rings. The van der Waals surface area contributed by atoms with Gasteiger partial charge in [0, 0.05) is 22.2 Å². The zero-order valence-corrected chi connectivity index (χ0v) is 12.6. The second-order valence-corrected chi connectivity index (χ2v) is 5.36. The third kappa shape index (κ3) is 3.63. The molecule has 1 atom stereocenters. The van der Waals surface area contributed by atoms with Gasteiger partial charge in [-0.05, 0) is 24.1 Å². The molecule has 2 aromatic rings. The fourth-order valence-corrected chi connectivity index (χ4v) is 2.58. The van der Waals surface area contributed by atoms with Crippen LogP contribution in [0.1, 0.15) is 24.9 Å². The van der Waals surface area contributed by atoms with Gasteiger partial charge in [-0.2, -0.15) is 0 Å². The molecule has 1 unspecified atom stereocenters. The van der Waals surface area contributed by atoms with Crippen molar-refractivity contribution in [3.8, 4) is 0 Å². The zero-order chi connectivity index (χ0) is 15.6. The highest BCUT2D eigenvalue weighted by atomic mass is 35.5. The van der Waals surface area contributed by atoms with Gasteiger partial charge >= 0.3 is 0 Å². The molecule has 1 nitrogen and oxygen atoms in total. The number of benzene rings is 2. The predicted octanol–water partition coefficient (Wildman–Crippen LogP) is 5.97. The van der Waals surface area contributed by atoms with Crippen LogP contribution in [0, 0.1) is 17.5 Å². The van der Waals surface area contributed by atoms with Crippen molar-refractivity contribution in [1.82, 2.24) is 0 Å². The van der Waals surface area contributed by atoms with Crippen molar-refractivity contribution in [3.05, 3.63) is 63.4 Å². The van der Waals surface area contributed by atoms with E-state index in [1.165, 1.54) is 0 Å². The first-order valence-corrected chi connectivity index (χ1v) is 7.04. The summed E-state index contributed by atoms with van der Waals surface area (Å²) in [5, 5.41) is 3.59. The number of halogens is 5. The largest absolute Gasteiger partial charge is 0.373 e. The molecule has 21 heavy (non-hydrogen) atoms. The van der Waals surface area contributed by atoms with E-state index in [9.17, 15) is 13.2 Å². The molecule has 0 radical (unpaired) electrons. The molecule has 112 valence electrons. The molecule has 1 N–H and O–H groups in total. The van der Waals surface area contributed by atoms with Gasteiger partial charge in [0.1, 0.15) is 11.5 Å². The number of hydrogen-bond donors (Lipinski definition) is 1. The normalized spacial score (nSPS) is 12.3. The zero-order valence-electron chi connectivity index (χ0n) is 11.1. The number of anilines is 1. The Labute approximate surface area is 130 Å². The Morgan fingerprint density at radius 1 is 1.05 bits per heavy atom. The molecule has 6 heteroatoms. The Bertz CT molecular complexity index is 638. The molecule has 2 aromatic carbocycles. The Kier molecular flexibility index (Phi) is 5.01. The molecule has 0 aromatic heterocycles. The monoisotopic (exact) mass is 333 g/mol. The summed E-state index contributed by atoms with van der Waals surface area (Å²) >= 11 is 11.9. The maximum atomic E-state index is 13.7. The van der Waals surface area contributed by atoms with Crippen molar-refractivity contribution in [2.45, 2.75) is 19.4 Å². The third-order valence-electron chi connectivity index (χ3n) is 3.07. The van der Waals surface area contributed by atoms with E-state index < -0.39 is 23.5 Å². The van der Waals surface area contributed by atoms with Gasteiger partial charge in [-0.3, -0.25) is 0 Å². The van der Waals surface area contributed by atoms with Crippen molar-refractivity contribution in [2.75, 3.05) is 5.32 Å². The Morgan fingerprint density at radius 2 is 1.67 bits per heavy atom. The molecule has 0 saturated carbocycles. The highest BCUT2D eigenvalue weighted by Crippen LogP contribution is 2.32. The van der Waals surface area contributed by atoms with E-state index in [1.54, 1.807) is 18.2 Å². The lowest BCUT2D eigenvalue weighted by Gasteiger charge is -2.21. The van der Waals surface area contributed by atoms with Crippen molar-refractivity contribution >= 4 is 28.9 Å². The van der Waals surface area contributed by atoms with Crippen LogP contribution in [-0.4, -0.2) is 0 Å². The number of rotatable bonds is 4. The molecule has 0 aliphatic rings. The number of nitrogens with one attached hydrogen (secondary N) is 1. The Balaban J connectivity index is 2.36. The fourth-order valence-electron chi connectivity index (χ4n) is 2.04. The predicted molar refractivity (Wildman–Crippen MR) is 79.4 cm³/mol. The van der Waals surface area contributed by atoms with E-state index in [0.29, 0.717) is 34.2 Å². The molecule has 0 aliphatic carbocycles.